The summed E-state index contributed by atoms with van der Waals surface area (Å²) in [6.45, 7) is 7.58. The first-order chi connectivity index (χ1) is 9.87. The molecule has 1 aliphatic heterocycles. The first-order valence-electron chi connectivity index (χ1n) is 8.27. The number of hydrogen-bond acceptors (Lipinski definition) is 3. The van der Waals surface area contributed by atoms with Crippen molar-refractivity contribution in [2.45, 2.75) is 65.1 Å². The maximum Gasteiger partial charge on any atom is 0.279 e. The van der Waals surface area contributed by atoms with E-state index in [9.17, 15) is 8.42 Å². The summed E-state index contributed by atoms with van der Waals surface area (Å²) in [5.41, 5.74) is 0. The van der Waals surface area contributed by atoms with Crippen LogP contribution in [0.3, 0.4) is 0 Å². The van der Waals surface area contributed by atoms with E-state index in [-0.39, 0.29) is 12.2 Å². The third-order valence-corrected chi connectivity index (χ3v) is 6.15. The Kier molecular flexibility index (Phi) is 6.05. The lowest BCUT2D eigenvalue weighted by molar-refractivity contribution is -0.0443. The lowest BCUT2D eigenvalue weighted by Gasteiger charge is -2.34. The zero-order chi connectivity index (χ0) is 15.5. The highest BCUT2D eigenvalue weighted by atomic mass is 32.2. The summed E-state index contributed by atoms with van der Waals surface area (Å²) in [6.07, 6.45) is 5.99. The molecular formula is C15H30N2O3S. The summed E-state index contributed by atoms with van der Waals surface area (Å²) in [5.74, 6) is 1.47. The first kappa shape index (κ1) is 17.2. The van der Waals surface area contributed by atoms with Crippen molar-refractivity contribution in [3.8, 4) is 0 Å². The summed E-state index contributed by atoms with van der Waals surface area (Å²) in [4.78, 5) is 0. The van der Waals surface area contributed by atoms with Gasteiger partial charge in [-0.2, -0.15) is 12.7 Å². The molecule has 6 heteroatoms. The smallest absolute Gasteiger partial charge is 0.279 e. The van der Waals surface area contributed by atoms with Gasteiger partial charge in [-0.05, 0) is 38.5 Å². The summed E-state index contributed by atoms with van der Waals surface area (Å²) >= 11 is 0. The number of rotatable bonds is 5. The Hall–Kier alpha value is -0.170. The molecule has 1 N–H and O–H groups in total. The Balaban J connectivity index is 1.78. The molecule has 1 heterocycles. The van der Waals surface area contributed by atoms with Crippen molar-refractivity contribution < 1.29 is 13.2 Å². The van der Waals surface area contributed by atoms with E-state index >= 15 is 0 Å². The quantitative estimate of drug-likeness (QED) is 0.845. The second kappa shape index (κ2) is 7.40. The molecular weight excluding hydrogens is 288 g/mol. The largest absolute Gasteiger partial charge is 0.373 e. The van der Waals surface area contributed by atoms with Gasteiger partial charge < -0.3 is 4.74 Å². The third-order valence-electron chi connectivity index (χ3n) is 4.61. The van der Waals surface area contributed by atoms with E-state index in [0.717, 1.165) is 12.3 Å². The summed E-state index contributed by atoms with van der Waals surface area (Å²) in [6, 6.07) is 0. The average molecular weight is 318 g/mol. The second-order valence-corrected chi connectivity index (χ2v) is 8.66. The molecule has 0 radical (unpaired) electrons. The number of morpholine rings is 1. The van der Waals surface area contributed by atoms with Gasteiger partial charge in [0, 0.05) is 19.6 Å². The van der Waals surface area contributed by atoms with Crippen molar-refractivity contribution in [3.63, 3.8) is 0 Å². The van der Waals surface area contributed by atoms with Crippen molar-refractivity contribution in [2.75, 3.05) is 19.6 Å². The van der Waals surface area contributed by atoms with Gasteiger partial charge >= 0.3 is 0 Å². The van der Waals surface area contributed by atoms with E-state index in [1.165, 1.54) is 30.0 Å². The van der Waals surface area contributed by atoms with E-state index in [0.29, 0.717) is 25.6 Å². The van der Waals surface area contributed by atoms with Crippen LogP contribution in [0.5, 0.6) is 0 Å². The van der Waals surface area contributed by atoms with Crippen LogP contribution in [-0.2, 0) is 14.9 Å². The van der Waals surface area contributed by atoms with Gasteiger partial charge in [-0.25, -0.2) is 4.72 Å². The molecule has 0 spiro atoms. The summed E-state index contributed by atoms with van der Waals surface area (Å²) < 4.78 is 34.6. The lowest BCUT2D eigenvalue weighted by atomic mass is 9.81. The van der Waals surface area contributed by atoms with Gasteiger partial charge in [-0.1, -0.05) is 26.2 Å². The lowest BCUT2D eigenvalue weighted by Crippen LogP contribution is -2.52. The molecule has 2 rings (SSSR count). The molecule has 4 atom stereocenters. The summed E-state index contributed by atoms with van der Waals surface area (Å²) in [7, 11) is -3.36. The van der Waals surface area contributed by atoms with Crippen molar-refractivity contribution in [1.82, 2.24) is 9.03 Å². The average Bonchev–Trinajstić information content (AvgIpc) is 2.37. The molecule has 0 amide bonds. The van der Waals surface area contributed by atoms with Crippen LogP contribution >= 0.6 is 0 Å². The zero-order valence-electron chi connectivity index (χ0n) is 13.5. The van der Waals surface area contributed by atoms with Crippen LogP contribution in [0.15, 0.2) is 0 Å². The Bertz CT molecular complexity index is 417. The van der Waals surface area contributed by atoms with Gasteiger partial charge in [0.25, 0.3) is 10.2 Å². The van der Waals surface area contributed by atoms with E-state index in [1.807, 2.05) is 13.8 Å². The highest BCUT2D eigenvalue weighted by molar-refractivity contribution is 7.87. The van der Waals surface area contributed by atoms with Gasteiger partial charge in [-0.15, -0.1) is 0 Å². The molecule has 5 nitrogen and oxygen atoms in total. The van der Waals surface area contributed by atoms with Crippen molar-refractivity contribution in [2.24, 2.45) is 11.8 Å². The minimum absolute atomic E-state index is 0.0375. The minimum atomic E-state index is -3.36. The standard InChI is InChI=1S/C15H30N2O3S/c1-12-5-4-6-15(9-12)7-8-16-21(18,19)17-10-13(2)20-14(3)11-17/h12-16H,4-11H2,1-3H3/t12-,13-,14-,15-/m1/s1. The van der Waals surface area contributed by atoms with E-state index in [4.69, 9.17) is 4.74 Å². The van der Waals surface area contributed by atoms with Gasteiger partial charge in [0.1, 0.15) is 0 Å². The SMILES string of the molecule is C[C@@H]1CCC[C@H](CCNS(=O)(=O)N2C[C@@H](C)O[C@H](C)C2)C1. The van der Waals surface area contributed by atoms with Gasteiger partial charge in [0.2, 0.25) is 0 Å². The Morgan fingerprint density at radius 1 is 1.14 bits per heavy atom. The predicted molar refractivity (Wildman–Crippen MR) is 84.2 cm³/mol. The van der Waals surface area contributed by atoms with Crippen molar-refractivity contribution >= 4 is 10.2 Å². The van der Waals surface area contributed by atoms with E-state index in [1.54, 1.807) is 0 Å². The third kappa shape index (κ3) is 5.20. The number of hydrogen-bond donors (Lipinski definition) is 1. The maximum atomic E-state index is 12.3. The van der Waals surface area contributed by atoms with Crippen LogP contribution in [0.4, 0.5) is 0 Å². The van der Waals surface area contributed by atoms with Crippen LogP contribution < -0.4 is 4.72 Å². The van der Waals surface area contributed by atoms with E-state index in [2.05, 4.69) is 11.6 Å². The molecule has 1 aliphatic carbocycles. The van der Waals surface area contributed by atoms with Crippen LogP contribution in [0.2, 0.25) is 0 Å². The fraction of sp³-hybridized carbons (Fsp3) is 1.00. The molecule has 1 saturated carbocycles. The number of ether oxygens (including phenoxy) is 1. The Morgan fingerprint density at radius 2 is 1.81 bits per heavy atom. The van der Waals surface area contributed by atoms with Crippen LogP contribution in [0.1, 0.15) is 52.9 Å². The van der Waals surface area contributed by atoms with Gasteiger partial charge in [-0.3, -0.25) is 0 Å². The molecule has 0 unspecified atom stereocenters. The molecule has 2 aliphatic rings. The predicted octanol–water partition coefficient (Wildman–Crippen LogP) is 2.15. The normalized spacial score (nSPS) is 35.8. The molecule has 0 bridgehead atoms. The molecule has 0 aromatic carbocycles. The Morgan fingerprint density at radius 3 is 2.43 bits per heavy atom. The Labute approximate surface area is 129 Å². The molecule has 2 fully saturated rings. The number of nitrogens with one attached hydrogen (secondary N) is 1. The van der Waals surface area contributed by atoms with E-state index < -0.39 is 10.2 Å². The summed E-state index contributed by atoms with van der Waals surface area (Å²) in [5, 5.41) is 0. The monoisotopic (exact) mass is 318 g/mol. The molecule has 0 aromatic heterocycles. The molecule has 1 saturated heterocycles. The van der Waals surface area contributed by atoms with Crippen molar-refractivity contribution in [3.05, 3.63) is 0 Å². The topological polar surface area (TPSA) is 58.6 Å². The minimum Gasteiger partial charge on any atom is -0.373 e. The van der Waals surface area contributed by atoms with Gasteiger partial charge in [0.05, 0.1) is 12.2 Å². The highest BCUT2D eigenvalue weighted by Gasteiger charge is 2.30. The van der Waals surface area contributed by atoms with Crippen LogP contribution in [-0.4, -0.2) is 44.6 Å². The zero-order valence-corrected chi connectivity index (χ0v) is 14.4. The highest BCUT2D eigenvalue weighted by Crippen LogP contribution is 2.30. The number of nitrogens with zero attached hydrogens (tertiary/aromatic N) is 1. The molecule has 124 valence electrons. The second-order valence-electron chi connectivity index (χ2n) is 6.90. The maximum absolute atomic E-state index is 12.3. The fourth-order valence-electron chi connectivity index (χ4n) is 3.63. The van der Waals surface area contributed by atoms with Crippen molar-refractivity contribution in [1.29, 1.82) is 0 Å². The fourth-order valence-corrected chi connectivity index (χ4v) is 5.00. The first-order valence-corrected chi connectivity index (χ1v) is 9.71. The molecule has 21 heavy (non-hydrogen) atoms. The molecule has 0 aromatic rings. The van der Waals surface area contributed by atoms with Crippen LogP contribution in [0.25, 0.3) is 0 Å². The van der Waals surface area contributed by atoms with Gasteiger partial charge in [0.15, 0.2) is 0 Å². The van der Waals surface area contributed by atoms with Crippen LogP contribution in [0, 0.1) is 11.8 Å².